The van der Waals surface area contributed by atoms with Crippen molar-refractivity contribution in [1.29, 1.82) is 0 Å². The van der Waals surface area contributed by atoms with E-state index in [1.807, 2.05) is 6.92 Å². The minimum Gasteiger partial charge on any atom is -0.285 e. The van der Waals surface area contributed by atoms with Crippen LogP contribution in [-0.2, 0) is 10.1 Å². The van der Waals surface area contributed by atoms with Gasteiger partial charge in [0.2, 0.25) is 0 Å². The average Bonchev–Trinajstić information content (AvgIpc) is 2.41. The van der Waals surface area contributed by atoms with Gasteiger partial charge in [-0.25, -0.2) is 4.98 Å². The Morgan fingerprint density at radius 1 is 1.64 bits per heavy atom. The molecule has 0 fully saturated rings. The molecule has 0 spiro atoms. The van der Waals surface area contributed by atoms with Gasteiger partial charge in [-0.05, 0) is 19.4 Å². The van der Waals surface area contributed by atoms with Gasteiger partial charge in [0.1, 0.15) is 5.25 Å². The molecular weight excluding hydrogens is 222 g/mol. The van der Waals surface area contributed by atoms with E-state index in [2.05, 4.69) is 4.98 Å². The van der Waals surface area contributed by atoms with Crippen LogP contribution < -0.4 is 9.88 Å². The first-order valence-corrected chi connectivity index (χ1v) is 6.40. The van der Waals surface area contributed by atoms with Gasteiger partial charge in [0.25, 0.3) is 10.1 Å². The standard InChI is InChI=1S/C8H9NO3S2/c1-5-9-7-3-2-6(14(10,11)12)4-8(7)13-5/h3-4,6H,2H2,1H3,(H,10,11,12). The lowest BCUT2D eigenvalue weighted by Crippen LogP contribution is -2.31. The molecule has 0 saturated carbocycles. The Morgan fingerprint density at radius 3 is 3.00 bits per heavy atom. The van der Waals surface area contributed by atoms with Gasteiger partial charge in [-0.15, -0.1) is 11.3 Å². The summed E-state index contributed by atoms with van der Waals surface area (Å²) in [4.78, 5) is 4.22. The van der Waals surface area contributed by atoms with Gasteiger partial charge in [-0.1, -0.05) is 6.08 Å². The zero-order chi connectivity index (χ0) is 10.3. The Kier molecular flexibility index (Phi) is 2.21. The molecule has 1 aliphatic rings. The van der Waals surface area contributed by atoms with Gasteiger partial charge >= 0.3 is 0 Å². The third-order valence-corrected chi connectivity index (χ3v) is 4.10. The topological polar surface area (TPSA) is 67.3 Å². The van der Waals surface area contributed by atoms with Gasteiger partial charge in [0.15, 0.2) is 0 Å². The SMILES string of the molecule is Cc1nc2c(s1)=CC(S(=O)(=O)O)CC=2. The average molecular weight is 231 g/mol. The molecule has 2 rings (SSSR count). The van der Waals surface area contributed by atoms with Crippen molar-refractivity contribution >= 4 is 33.6 Å². The molecule has 1 atom stereocenters. The summed E-state index contributed by atoms with van der Waals surface area (Å²) in [6, 6.07) is 0. The van der Waals surface area contributed by atoms with Crippen LogP contribution in [-0.4, -0.2) is 23.2 Å². The number of fused-ring (bicyclic) bond motifs is 1. The minimum absolute atomic E-state index is 0.301. The third kappa shape index (κ3) is 1.73. The second-order valence-corrected chi connectivity index (χ2v) is 6.01. The number of thiazole rings is 1. The zero-order valence-electron chi connectivity index (χ0n) is 7.47. The summed E-state index contributed by atoms with van der Waals surface area (Å²) < 4.78 is 31.5. The minimum atomic E-state index is -3.97. The first-order valence-electron chi connectivity index (χ1n) is 4.08. The van der Waals surface area contributed by atoms with Crippen molar-refractivity contribution in [2.24, 2.45) is 0 Å². The molecule has 0 saturated heterocycles. The highest BCUT2D eigenvalue weighted by Gasteiger charge is 2.21. The molecule has 76 valence electrons. The molecule has 6 heteroatoms. The summed E-state index contributed by atoms with van der Waals surface area (Å²) >= 11 is 1.44. The van der Waals surface area contributed by atoms with Crippen molar-refractivity contribution in [3.05, 3.63) is 14.9 Å². The number of aryl methyl sites for hydroxylation is 1. The van der Waals surface area contributed by atoms with Gasteiger partial charge in [-0.3, -0.25) is 4.55 Å². The quantitative estimate of drug-likeness (QED) is 0.672. The molecule has 0 amide bonds. The van der Waals surface area contributed by atoms with E-state index in [9.17, 15) is 8.42 Å². The summed E-state index contributed by atoms with van der Waals surface area (Å²) in [5, 5.41) is 0.917. The molecule has 14 heavy (non-hydrogen) atoms. The van der Waals surface area contributed by atoms with Crippen LogP contribution in [0, 0.1) is 6.92 Å². The lowest BCUT2D eigenvalue weighted by molar-refractivity contribution is 0.477. The van der Waals surface area contributed by atoms with E-state index in [0.29, 0.717) is 6.42 Å². The van der Waals surface area contributed by atoms with Gasteiger partial charge in [0.05, 0.1) is 14.9 Å². The van der Waals surface area contributed by atoms with Crippen LogP contribution in [0.2, 0.25) is 0 Å². The van der Waals surface area contributed by atoms with Gasteiger partial charge in [0, 0.05) is 0 Å². The molecule has 0 bridgehead atoms. The number of nitrogens with zero attached hydrogens (tertiary/aromatic N) is 1. The predicted octanol–water partition coefficient (Wildman–Crippen LogP) is -0.327. The van der Waals surface area contributed by atoms with Crippen LogP contribution in [0.15, 0.2) is 0 Å². The maximum Gasteiger partial charge on any atom is 0.271 e. The molecule has 1 unspecified atom stereocenters. The zero-order valence-corrected chi connectivity index (χ0v) is 9.10. The van der Waals surface area contributed by atoms with Crippen LogP contribution in [0.5, 0.6) is 0 Å². The Morgan fingerprint density at radius 2 is 2.36 bits per heavy atom. The van der Waals surface area contributed by atoms with Crippen molar-refractivity contribution in [1.82, 2.24) is 4.98 Å². The molecule has 1 aromatic rings. The fraction of sp³-hybridized carbons (Fsp3) is 0.375. The molecule has 0 radical (unpaired) electrons. The van der Waals surface area contributed by atoms with E-state index < -0.39 is 15.4 Å². The van der Waals surface area contributed by atoms with Gasteiger partial charge in [-0.2, -0.15) is 8.42 Å². The van der Waals surface area contributed by atoms with E-state index in [4.69, 9.17) is 4.55 Å². The van der Waals surface area contributed by atoms with Crippen molar-refractivity contribution in [3.63, 3.8) is 0 Å². The van der Waals surface area contributed by atoms with Gasteiger partial charge < -0.3 is 0 Å². The van der Waals surface area contributed by atoms with E-state index in [1.54, 1.807) is 12.2 Å². The second kappa shape index (κ2) is 3.15. The fourth-order valence-corrected chi connectivity index (χ4v) is 3.06. The van der Waals surface area contributed by atoms with Crippen LogP contribution >= 0.6 is 11.3 Å². The van der Waals surface area contributed by atoms with E-state index >= 15 is 0 Å². The Balaban J connectivity index is 2.59. The summed E-state index contributed by atoms with van der Waals surface area (Å²) in [5.41, 5.74) is 0. The molecule has 1 aromatic heterocycles. The smallest absolute Gasteiger partial charge is 0.271 e. The van der Waals surface area contributed by atoms with Crippen LogP contribution in [0.3, 0.4) is 0 Å². The molecule has 0 aromatic carbocycles. The first kappa shape index (κ1) is 9.82. The van der Waals surface area contributed by atoms with Crippen molar-refractivity contribution in [3.8, 4) is 0 Å². The highest BCUT2D eigenvalue weighted by Crippen LogP contribution is 2.09. The van der Waals surface area contributed by atoms with Crippen molar-refractivity contribution < 1.29 is 13.0 Å². The monoisotopic (exact) mass is 231 g/mol. The van der Waals surface area contributed by atoms with Crippen molar-refractivity contribution in [2.75, 3.05) is 0 Å². The second-order valence-electron chi connectivity index (χ2n) is 3.14. The first-order chi connectivity index (χ1) is 6.47. The fourth-order valence-electron chi connectivity index (χ4n) is 1.40. The maximum absolute atomic E-state index is 10.9. The lowest BCUT2D eigenvalue weighted by Gasteiger charge is -2.07. The Bertz CT molecular complexity index is 570. The highest BCUT2D eigenvalue weighted by molar-refractivity contribution is 7.86. The van der Waals surface area contributed by atoms with Crippen molar-refractivity contribution in [2.45, 2.75) is 18.6 Å². The number of hydrogen-bond donors (Lipinski definition) is 1. The maximum atomic E-state index is 10.9. The number of hydrogen-bond acceptors (Lipinski definition) is 4. The van der Waals surface area contributed by atoms with Crippen LogP contribution in [0.25, 0.3) is 12.2 Å². The molecular formula is C8H9NO3S2. The summed E-state index contributed by atoms with van der Waals surface area (Å²) in [5.74, 6) is 0. The third-order valence-electron chi connectivity index (χ3n) is 2.05. The van der Waals surface area contributed by atoms with Crippen LogP contribution in [0.4, 0.5) is 0 Å². The lowest BCUT2D eigenvalue weighted by atomic mass is 10.2. The highest BCUT2D eigenvalue weighted by atomic mass is 32.2. The van der Waals surface area contributed by atoms with E-state index in [-0.39, 0.29) is 0 Å². The van der Waals surface area contributed by atoms with E-state index in [1.165, 1.54) is 11.3 Å². The van der Waals surface area contributed by atoms with Crippen LogP contribution in [0.1, 0.15) is 11.4 Å². The number of aromatic nitrogens is 1. The Hall–Kier alpha value is -0.720. The molecule has 4 nitrogen and oxygen atoms in total. The molecule has 1 N–H and O–H groups in total. The normalized spacial score (nSPS) is 20.9. The Labute approximate surface area is 85.4 Å². The molecule has 0 aliphatic heterocycles. The predicted molar refractivity (Wildman–Crippen MR) is 55.0 cm³/mol. The summed E-state index contributed by atoms with van der Waals surface area (Å²) in [6.45, 7) is 1.87. The number of rotatable bonds is 1. The molecule has 1 heterocycles. The van der Waals surface area contributed by atoms with E-state index in [0.717, 1.165) is 14.9 Å². The summed E-state index contributed by atoms with van der Waals surface area (Å²) in [7, 11) is -3.97. The largest absolute Gasteiger partial charge is 0.285 e. The summed E-state index contributed by atoms with van der Waals surface area (Å²) in [6.07, 6.45) is 3.61. The molecule has 1 aliphatic carbocycles.